The normalized spacial score (nSPS) is 9.41. The van der Waals surface area contributed by atoms with Gasteiger partial charge in [0.1, 0.15) is 18.2 Å². The van der Waals surface area contributed by atoms with Crippen LogP contribution in [0.25, 0.3) is 0 Å². The van der Waals surface area contributed by atoms with Crippen molar-refractivity contribution in [2.24, 2.45) is 5.84 Å². The zero-order valence-electron chi connectivity index (χ0n) is 10.5. The van der Waals surface area contributed by atoms with Crippen molar-refractivity contribution < 1.29 is 14.3 Å². The molecule has 6 heteroatoms. The van der Waals surface area contributed by atoms with Gasteiger partial charge in [0.05, 0.1) is 0 Å². The lowest BCUT2D eigenvalue weighted by atomic mass is 10.3. The van der Waals surface area contributed by atoms with Gasteiger partial charge in [0, 0.05) is 20.3 Å². The summed E-state index contributed by atoms with van der Waals surface area (Å²) in [6.45, 7) is 5.00. The van der Waals surface area contributed by atoms with Gasteiger partial charge < -0.3 is 19.3 Å². The Hall–Kier alpha value is -1.53. The molecule has 98 valence electrons. The molecule has 17 heavy (non-hydrogen) atoms. The highest BCUT2D eigenvalue weighted by molar-refractivity contribution is 5.44. The predicted octanol–water partition coefficient (Wildman–Crippen LogP) is 1.09. The predicted molar refractivity (Wildman–Crippen MR) is 66.0 cm³/mol. The van der Waals surface area contributed by atoms with Crippen LogP contribution < -0.4 is 16.3 Å². The maximum absolute atomic E-state index is 11.4. The van der Waals surface area contributed by atoms with Crippen LogP contribution in [-0.2, 0) is 4.74 Å². The number of aromatic hydroxyl groups is 1. The first-order chi connectivity index (χ1) is 8.16. The molecule has 0 atom stereocenters. The molecule has 0 unspecified atom stereocenters. The summed E-state index contributed by atoms with van der Waals surface area (Å²) in [7, 11) is 1.59. The Morgan fingerprint density at radius 3 is 2.71 bits per heavy atom. The molecule has 0 aliphatic heterocycles. The molecule has 1 aromatic rings. The fraction of sp³-hybridized carbons (Fsp3) is 0.545. The van der Waals surface area contributed by atoms with E-state index in [2.05, 4.69) is 0 Å². The van der Waals surface area contributed by atoms with E-state index in [0.717, 1.165) is 6.26 Å². The van der Waals surface area contributed by atoms with Crippen LogP contribution in [0.3, 0.4) is 0 Å². The van der Waals surface area contributed by atoms with E-state index in [1.807, 2.05) is 13.8 Å². The Kier molecular flexibility index (Phi) is 7.83. The van der Waals surface area contributed by atoms with Gasteiger partial charge in [-0.2, -0.15) is 0 Å². The van der Waals surface area contributed by atoms with E-state index in [9.17, 15) is 4.79 Å². The molecule has 1 heterocycles. The second kappa shape index (κ2) is 8.60. The van der Waals surface area contributed by atoms with Crippen LogP contribution >= 0.6 is 0 Å². The van der Waals surface area contributed by atoms with E-state index in [0.29, 0.717) is 19.6 Å². The lowest BCUT2D eigenvalue weighted by Crippen LogP contribution is -2.35. The molecule has 0 fully saturated rings. The summed E-state index contributed by atoms with van der Waals surface area (Å²) >= 11 is 0. The number of hydrogen-bond acceptors (Lipinski definition) is 6. The van der Waals surface area contributed by atoms with Gasteiger partial charge in [-0.3, -0.25) is 4.79 Å². The molecular weight excluding hydrogens is 224 g/mol. The van der Waals surface area contributed by atoms with Gasteiger partial charge in [-0.1, -0.05) is 13.8 Å². The van der Waals surface area contributed by atoms with Gasteiger partial charge in [0.2, 0.25) is 5.75 Å². The summed E-state index contributed by atoms with van der Waals surface area (Å²) in [5.41, 5.74) is -0.410. The number of rotatable bonds is 5. The topological polar surface area (TPSA) is 88.9 Å². The summed E-state index contributed by atoms with van der Waals surface area (Å²) in [6.07, 6.45) is 2.85. The molecule has 1 aromatic heterocycles. The molecule has 1 rings (SSSR count). The largest absolute Gasteiger partial charge is 0.502 e. The first-order valence-electron chi connectivity index (χ1n) is 5.47. The van der Waals surface area contributed by atoms with Crippen LogP contribution in [-0.4, -0.2) is 25.4 Å². The van der Waals surface area contributed by atoms with E-state index >= 15 is 0 Å². The summed E-state index contributed by atoms with van der Waals surface area (Å²) in [4.78, 5) is 11.4. The first-order valence-corrected chi connectivity index (χ1v) is 5.47. The fourth-order valence-electron chi connectivity index (χ4n) is 1.10. The van der Waals surface area contributed by atoms with Gasteiger partial charge in [-0.05, 0) is 6.42 Å². The zero-order valence-corrected chi connectivity index (χ0v) is 10.5. The van der Waals surface area contributed by atoms with Crippen molar-refractivity contribution in [1.29, 1.82) is 0 Å². The molecule has 0 aromatic carbocycles. The summed E-state index contributed by atoms with van der Waals surface area (Å²) in [5, 5.41) is 10.3. The van der Waals surface area contributed by atoms with Crippen LogP contribution in [0.15, 0.2) is 21.7 Å². The SMILES string of the molecule is CC.COCCCN(N)c1cocc(O)c1=O. The van der Waals surface area contributed by atoms with E-state index in [-0.39, 0.29) is 5.69 Å². The van der Waals surface area contributed by atoms with Crippen LogP contribution in [0.2, 0.25) is 0 Å². The maximum Gasteiger partial charge on any atom is 0.251 e. The van der Waals surface area contributed by atoms with Crippen LogP contribution in [0.4, 0.5) is 5.69 Å². The first kappa shape index (κ1) is 15.5. The Bertz CT molecular complexity index is 365. The van der Waals surface area contributed by atoms with Gasteiger partial charge in [0.15, 0.2) is 0 Å². The molecule has 0 aliphatic rings. The van der Waals surface area contributed by atoms with Gasteiger partial charge in [-0.15, -0.1) is 0 Å². The molecule has 0 aliphatic carbocycles. The zero-order chi connectivity index (χ0) is 13.3. The lowest BCUT2D eigenvalue weighted by Gasteiger charge is -2.16. The Balaban J connectivity index is 0.00000121. The van der Waals surface area contributed by atoms with Crippen LogP contribution in [0.5, 0.6) is 5.75 Å². The highest BCUT2D eigenvalue weighted by Gasteiger charge is 2.10. The standard InChI is InChI=1S/C9H14N2O4.C2H6/c1-14-4-2-3-11(10)7-5-15-6-8(12)9(7)13;1-2/h5-6,12H,2-4,10H2,1H3;1-2H3. The minimum atomic E-state index is -0.541. The van der Waals surface area contributed by atoms with Gasteiger partial charge in [0.25, 0.3) is 5.43 Å². The lowest BCUT2D eigenvalue weighted by molar-refractivity contribution is 0.196. The molecular formula is C11H20N2O4. The fourth-order valence-corrected chi connectivity index (χ4v) is 1.10. The number of nitrogens with two attached hydrogens (primary N) is 1. The van der Waals surface area contributed by atoms with Crippen molar-refractivity contribution in [3.63, 3.8) is 0 Å². The second-order valence-corrected chi connectivity index (χ2v) is 3.01. The summed E-state index contributed by atoms with van der Waals surface area (Å²) < 4.78 is 9.59. The van der Waals surface area contributed by atoms with Crippen molar-refractivity contribution in [3.8, 4) is 5.75 Å². The number of hydrazine groups is 1. The summed E-state index contributed by atoms with van der Waals surface area (Å²) in [5.74, 6) is 5.16. The highest BCUT2D eigenvalue weighted by Crippen LogP contribution is 2.09. The van der Waals surface area contributed by atoms with E-state index in [1.54, 1.807) is 7.11 Å². The molecule has 0 saturated heterocycles. The van der Waals surface area contributed by atoms with E-state index < -0.39 is 11.2 Å². The van der Waals surface area contributed by atoms with Crippen molar-refractivity contribution in [1.82, 2.24) is 0 Å². The van der Waals surface area contributed by atoms with Crippen molar-refractivity contribution >= 4 is 5.69 Å². The molecule has 0 amide bonds. The second-order valence-electron chi connectivity index (χ2n) is 3.01. The van der Waals surface area contributed by atoms with Crippen LogP contribution in [0.1, 0.15) is 20.3 Å². The molecule has 0 bridgehead atoms. The van der Waals surface area contributed by atoms with Crippen molar-refractivity contribution in [2.75, 3.05) is 25.3 Å². The van der Waals surface area contributed by atoms with E-state index in [1.165, 1.54) is 11.3 Å². The van der Waals surface area contributed by atoms with Gasteiger partial charge >= 0.3 is 0 Å². The quantitative estimate of drug-likeness (QED) is 0.458. The maximum atomic E-state index is 11.4. The number of methoxy groups -OCH3 is 1. The van der Waals surface area contributed by atoms with Crippen LogP contribution in [0, 0.1) is 0 Å². The third-order valence-electron chi connectivity index (χ3n) is 1.88. The molecule has 0 spiro atoms. The molecule has 0 radical (unpaired) electrons. The van der Waals surface area contributed by atoms with Gasteiger partial charge in [-0.25, -0.2) is 5.84 Å². The number of anilines is 1. The summed E-state index contributed by atoms with van der Waals surface area (Å²) in [6, 6.07) is 0. The molecule has 3 N–H and O–H groups in total. The Morgan fingerprint density at radius 2 is 2.12 bits per heavy atom. The third-order valence-corrected chi connectivity index (χ3v) is 1.88. The smallest absolute Gasteiger partial charge is 0.251 e. The number of nitrogens with zero attached hydrogens (tertiary/aromatic N) is 1. The average molecular weight is 244 g/mol. The highest BCUT2D eigenvalue weighted by atomic mass is 16.5. The molecule has 0 saturated carbocycles. The number of hydrogen-bond donors (Lipinski definition) is 2. The monoisotopic (exact) mass is 244 g/mol. The van der Waals surface area contributed by atoms with Crippen molar-refractivity contribution in [2.45, 2.75) is 20.3 Å². The Labute approximate surface area is 101 Å². The minimum Gasteiger partial charge on any atom is -0.502 e. The van der Waals surface area contributed by atoms with E-state index in [4.69, 9.17) is 20.1 Å². The minimum absolute atomic E-state index is 0.131. The average Bonchev–Trinajstić information content (AvgIpc) is 2.35. The number of ether oxygens (including phenoxy) is 1. The third kappa shape index (κ3) is 4.88. The molecule has 6 nitrogen and oxygen atoms in total. The Morgan fingerprint density at radius 1 is 1.47 bits per heavy atom. The van der Waals surface area contributed by atoms with Crippen molar-refractivity contribution in [3.05, 3.63) is 22.7 Å².